The molecule has 2 aromatic carbocycles. The lowest BCUT2D eigenvalue weighted by Crippen LogP contribution is -2.39. The summed E-state index contributed by atoms with van der Waals surface area (Å²) >= 11 is 0. The number of imidazole rings is 1. The first-order valence-corrected chi connectivity index (χ1v) is 9.37. The number of rotatable bonds is 2. The molecule has 0 aliphatic carbocycles. The van der Waals surface area contributed by atoms with Gasteiger partial charge in [0.1, 0.15) is 5.82 Å². The van der Waals surface area contributed by atoms with Gasteiger partial charge in [-0.25, -0.2) is 4.98 Å². The molecule has 1 N–H and O–H groups in total. The zero-order chi connectivity index (χ0) is 18.2. The molecule has 4 aromatic rings. The number of benzene rings is 2. The number of hydrogen-bond donors (Lipinski definition) is 1. The van der Waals surface area contributed by atoms with E-state index >= 15 is 0 Å². The lowest BCUT2D eigenvalue weighted by molar-refractivity contribution is 0.0706. The van der Waals surface area contributed by atoms with E-state index in [-0.39, 0.29) is 11.8 Å². The van der Waals surface area contributed by atoms with Gasteiger partial charge in [0.15, 0.2) is 0 Å². The van der Waals surface area contributed by atoms with Crippen LogP contribution in [-0.4, -0.2) is 38.8 Å². The Hall–Kier alpha value is -3.21. The summed E-state index contributed by atoms with van der Waals surface area (Å²) < 4.78 is 0. The van der Waals surface area contributed by atoms with Crippen LogP contribution in [0, 0.1) is 0 Å². The largest absolute Gasteiger partial charge is 0.342 e. The number of carbonyl (C=O) groups excluding carboxylic acids is 1. The van der Waals surface area contributed by atoms with Gasteiger partial charge in [0.25, 0.3) is 5.91 Å². The van der Waals surface area contributed by atoms with Gasteiger partial charge in [0.2, 0.25) is 0 Å². The molecule has 2 aromatic heterocycles. The number of hydrogen-bond acceptors (Lipinski definition) is 3. The number of likely N-dealkylation sites (tertiary alicyclic amines) is 1. The van der Waals surface area contributed by atoms with Gasteiger partial charge < -0.3 is 9.88 Å². The Labute approximate surface area is 157 Å². The number of nitrogens with zero attached hydrogens (tertiary/aromatic N) is 3. The predicted molar refractivity (Wildman–Crippen MR) is 106 cm³/mol. The summed E-state index contributed by atoms with van der Waals surface area (Å²) in [5, 5.41) is 0.995. The first-order chi connectivity index (χ1) is 13.3. The summed E-state index contributed by atoms with van der Waals surface area (Å²) in [5.41, 5.74) is 3.48. The number of fused-ring (bicyclic) bond motifs is 2. The van der Waals surface area contributed by atoms with Crippen molar-refractivity contribution in [1.82, 2.24) is 19.9 Å². The molecular formula is C22H20N4O. The summed E-state index contributed by atoms with van der Waals surface area (Å²) in [6, 6.07) is 17.8. The van der Waals surface area contributed by atoms with Crippen molar-refractivity contribution in [2.24, 2.45) is 0 Å². The maximum absolute atomic E-state index is 13.2. The van der Waals surface area contributed by atoms with Crippen molar-refractivity contribution in [3.8, 4) is 0 Å². The SMILES string of the molecule is O=C(c1cccc2cccnc12)N1CCCC(c2nc3ccccc3[nH]2)C1. The van der Waals surface area contributed by atoms with Crippen LogP contribution >= 0.6 is 0 Å². The molecule has 5 rings (SSSR count). The van der Waals surface area contributed by atoms with E-state index in [0.29, 0.717) is 12.1 Å². The standard InChI is InChI=1S/C22H20N4O/c27-22(17-9-3-6-15-7-4-12-23-20(15)17)26-13-5-8-16(14-26)21-24-18-10-1-2-11-19(18)25-21/h1-4,6-7,9-12,16H,5,8,13-14H2,(H,24,25). The third-order valence-electron chi connectivity index (χ3n) is 5.37. The molecule has 5 nitrogen and oxygen atoms in total. The Morgan fingerprint density at radius 1 is 1.07 bits per heavy atom. The third kappa shape index (κ3) is 2.85. The van der Waals surface area contributed by atoms with Gasteiger partial charge in [-0.15, -0.1) is 0 Å². The summed E-state index contributed by atoms with van der Waals surface area (Å²) in [6.07, 6.45) is 3.76. The first-order valence-electron chi connectivity index (χ1n) is 9.37. The summed E-state index contributed by atoms with van der Waals surface area (Å²) in [5.74, 6) is 1.27. The zero-order valence-corrected chi connectivity index (χ0v) is 14.9. The Morgan fingerprint density at radius 3 is 2.89 bits per heavy atom. The average Bonchev–Trinajstić information content (AvgIpc) is 3.17. The Morgan fingerprint density at radius 2 is 1.96 bits per heavy atom. The quantitative estimate of drug-likeness (QED) is 0.587. The molecule has 1 amide bonds. The molecule has 5 heteroatoms. The third-order valence-corrected chi connectivity index (χ3v) is 5.37. The number of aromatic amines is 1. The van der Waals surface area contributed by atoms with Crippen LogP contribution in [0.25, 0.3) is 21.9 Å². The van der Waals surface area contributed by atoms with Gasteiger partial charge in [0.05, 0.1) is 22.1 Å². The Bertz CT molecular complexity index is 1100. The van der Waals surface area contributed by atoms with Crippen molar-refractivity contribution in [2.75, 3.05) is 13.1 Å². The fourth-order valence-corrected chi connectivity index (χ4v) is 4.00. The smallest absolute Gasteiger partial charge is 0.256 e. The van der Waals surface area contributed by atoms with Gasteiger partial charge in [-0.05, 0) is 37.1 Å². The van der Waals surface area contributed by atoms with Crippen molar-refractivity contribution >= 4 is 27.8 Å². The van der Waals surface area contributed by atoms with Crippen LogP contribution in [-0.2, 0) is 0 Å². The molecule has 27 heavy (non-hydrogen) atoms. The van der Waals surface area contributed by atoms with Gasteiger partial charge in [-0.2, -0.15) is 0 Å². The van der Waals surface area contributed by atoms with Crippen LogP contribution in [0.5, 0.6) is 0 Å². The number of pyridine rings is 1. The van der Waals surface area contributed by atoms with Crippen molar-refractivity contribution in [3.63, 3.8) is 0 Å². The number of para-hydroxylation sites is 3. The molecule has 1 aliphatic rings. The zero-order valence-electron chi connectivity index (χ0n) is 14.9. The molecule has 1 fully saturated rings. The molecule has 0 radical (unpaired) electrons. The molecule has 1 saturated heterocycles. The van der Waals surface area contributed by atoms with Crippen LogP contribution in [0.4, 0.5) is 0 Å². The van der Waals surface area contributed by atoms with E-state index in [1.807, 2.05) is 59.5 Å². The van der Waals surface area contributed by atoms with Crippen molar-refractivity contribution in [3.05, 3.63) is 72.2 Å². The number of carbonyl (C=O) groups is 1. The summed E-state index contributed by atoms with van der Waals surface area (Å²) in [6.45, 7) is 1.46. The van der Waals surface area contributed by atoms with Gasteiger partial charge >= 0.3 is 0 Å². The highest BCUT2D eigenvalue weighted by atomic mass is 16.2. The number of H-pyrrole nitrogens is 1. The van der Waals surface area contributed by atoms with E-state index in [2.05, 4.69) is 9.97 Å². The van der Waals surface area contributed by atoms with Crippen molar-refractivity contribution in [1.29, 1.82) is 0 Å². The van der Waals surface area contributed by atoms with E-state index < -0.39 is 0 Å². The second-order valence-corrected chi connectivity index (χ2v) is 7.11. The minimum absolute atomic E-state index is 0.0557. The molecule has 0 spiro atoms. The van der Waals surface area contributed by atoms with Crippen molar-refractivity contribution in [2.45, 2.75) is 18.8 Å². The van der Waals surface area contributed by atoms with Crippen LogP contribution in [0.2, 0.25) is 0 Å². The topological polar surface area (TPSA) is 61.9 Å². The van der Waals surface area contributed by atoms with Gasteiger partial charge in [-0.1, -0.05) is 30.3 Å². The maximum Gasteiger partial charge on any atom is 0.256 e. The van der Waals surface area contributed by atoms with Crippen LogP contribution in [0.1, 0.15) is 34.9 Å². The van der Waals surface area contributed by atoms with Crippen LogP contribution < -0.4 is 0 Å². The van der Waals surface area contributed by atoms with Gasteiger partial charge in [-0.3, -0.25) is 9.78 Å². The van der Waals surface area contributed by atoms with E-state index in [0.717, 1.165) is 47.1 Å². The molecule has 0 saturated carbocycles. The molecule has 1 atom stereocenters. The normalized spacial score (nSPS) is 17.5. The maximum atomic E-state index is 13.2. The fourth-order valence-electron chi connectivity index (χ4n) is 4.00. The predicted octanol–water partition coefficient (Wildman–Crippen LogP) is 4.13. The minimum atomic E-state index is 0.0557. The number of nitrogens with one attached hydrogen (secondary N) is 1. The molecular weight excluding hydrogens is 336 g/mol. The van der Waals surface area contributed by atoms with E-state index in [4.69, 9.17) is 4.98 Å². The van der Waals surface area contributed by atoms with Gasteiger partial charge in [0, 0.05) is 30.6 Å². The van der Waals surface area contributed by atoms with E-state index in [1.165, 1.54) is 0 Å². The molecule has 0 bridgehead atoms. The molecule has 3 heterocycles. The van der Waals surface area contributed by atoms with Crippen molar-refractivity contribution < 1.29 is 4.79 Å². The number of piperidine rings is 1. The first kappa shape index (κ1) is 16.0. The monoisotopic (exact) mass is 356 g/mol. The Kier molecular flexibility index (Phi) is 3.85. The van der Waals surface area contributed by atoms with Crippen LogP contribution in [0.3, 0.4) is 0 Å². The molecule has 134 valence electrons. The summed E-state index contributed by atoms with van der Waals surface area (Å²) in [7, 11) is 0. The molecule has 1 aliphatic heterocycles. The fraction of sp³-hybridized carbons (Fsp3) is 0.227. The highest BCUT2D eigenvalue weighted by Crippen LogP contribution is 2.28. The highest BCUT2D eigenvalue weighted by Gasteiger charge is 2.28. The molecule has 1 unspecified atom stereocenters. The average molecular weight is 356 g/mol. The highest BCUT2D eigenvalue weighted by molar-refractivity contribution is 6.05. The second kappa shape index (κ2) is 6.50. The minimum Gasteiger partial charge on any atom is -0.342 e. The van der Waals surface area contributed by atoms with E-state index in [9.17, 15) is 4.79 Å². The summed E-state index contributed by atoms with van der Waals surface area (Å²) in [4.78, 5) is 27.8. The lowest BCUT2D eigenvalue weighted by Gasteiger charge is -2.32. The lowest BCUT2D eigenvalue weighted by atomic mass is 9.96. The number of amides is 1. The van der Waals surface area contributed by atoms with E-state index in [1.54, 1.807) is 6.20 Å². The number of aromatic nitrogens is 3. The Balaban J connectivity index is 1.44. The second-order valence-electron chi connectivity index (χ2n) is 7.11. The van der Waals surface area contributed by atoms with Crippen LogP contribution in [0.15, 0.2) is 60.8 Å².